The molecule has 1 N–H and O–H groups in total. The molecule has 0 aliphatic heterocycles. The largest absolute Gasteiger partial charge is 0.360 e. The molecular formula is C15H9ClFNO. The van der Waals surface area contributed by atoms with Crippen LogP contribution in [-0.4, -0.2) is 11.3 Å². The van der Waals surface area contributed by atoms with Gasteiger partial charge in [-0.2, -0.15) is 0 Å². The molecule has 3 rings (SSSR count). The lowest BCUT2D eigenvalue weighted by atomic mass is 10.0. The van der Waals surface area contributed by atoms with Gasteiger partial charge in [0.25, 0.3) is 0 Å². The van der Waals surface area contributed by atoms with Crippen LogP contribution in [0.4, 0.5) is 4.39 Å². The summed E-state index contributed by atoms with van der Waals surface area (Å²) in [6, 6.07) is 10.3. The van der Waals surface area contributed by atoms with Crippen LogP contribution in [0, 0.1) is 5.82 Å². The third-order valence-electron chi connectivity index (χ3n) is 3.09. The molecule has 0 aliphatic carbocycles. The van der Waals surface area contributed by atoms with Gasteiger partial charge in [-0.05, 0) is 35.4 Å². The summed E-state index contributed by atoms with van der Waals surface area (Å²) in [6.07, 6.45) is 2.45. The summed E-state index contributed by atoms with van der Waals surface area (Å²) in [7, 11) is 0. The number of hydrogen-bond donors (Lipinski definition) is 1. The summed E-state index contributed by atoms with van der Waals surface area (Å²) in [4.78, 5) is 13.9. The van der Waals surface area contributed by atoms with E-state index in [4.69, 9.17) is 11.6 Å². The van der Waals surface area contributed by atoms with Crippen molar-refractivity contribution in [3.8, 4) is 11.1 Å². The normalized spacial score (nSPS) is 10.8. The maximum Gasteiger partial charge on any atom is 0.152 e. The van der Waals surface area contributed by atoms with Gasteiger partial charge < -0.3 is 4.98 Å². The molecule has 0 unspecified atom stereocenters. The SMILES string of the molecule is O=Cc1c[nH]c2ccc(-c3ccc(Cl)c(F)c3)cc12. The fraction of sp³-hybridized carbons (Fsp3) is 0. The average molecular weight is 274 g/mol. The van der Waals surface area contributed by atoms with E-state index in [2.05, 4.69) is 4.98 Å². The summed E-state index contributed by atoms with van der Waals surface area (Å²) in [5.74, 6) is -0.455. The Labute approximate surface area is 113 Å². The molecule has 1 heterocycles. The van der Waals surface area contributed by atoms with Gasteiger partial charge in [-0.1, -0.05) is 23.7 Å². The quantitative estimate of drug-likeness (QED) is 0.688. The van der Waals surface area contributed by atoms with Gasteiger partial charge in [0.1, 0.15) is 5.82 Å². The Kier molecular flexibility index (Phi) is 2.84. The van der Waals surface area contributed by atoms with Crippen molar-refractivity contribution in [1.29, 1.82) is 0 Å². The van der Waals surface area contributed by atoms with Crippen molar-refractivity contribution in [1.82, 2.24) is 4.98 Å². The van der Waals surface area contributed by atoms with Crippen LogP contribution in [0.5, 0.6) is 0 Å². The first-order valence-corrected chi connectivity index (χ1v) is 6.08. The summed E-state index contributed by atoms with van der Waals surface area (Å²) < 4.78 is 13.5. The number of aldehydes is 1. The molecule has 1 aromatic heterocycles. The van der Waals surface area contributed by atoms with Crippen molar-refractivity contribution in [2.75, 3.05) is 0 Å². The molecule has 2 nitrogen and oxygen atoms in total. The van der Waals surface area contributed by atoms with Crippen molar-refractivity contribution in [2.45, 2.75) is 0 Å². The molecule has 0 radical (unpaired) electrons. The minimum absolute atomic E-state index is 0.0973. The molecule has 0 aliphatic rings. The number of aromatic nitrogens is 1. The standard InChI is InChI=1S/C15H9ClFNO/c16-13-3-1-10(6-14(13)17)9-2-4-15-12(5-9)11(8-19)7-18-15/h1-8,18H. The number of fused-ring (bicyclic) bond motifs is 1. The molecule has 0 bridgehead atoms. The van der Waals surface area contributed by atoms with Crippen LogP contribution in [0.2, 0.25) is 5.02 Å². The van der Waals surface area contributed by atoms with E-state index < -0.39 is 5.82 Å². The van der Waals surface area contributed by atoms with Crippen molar-refractivity contribution in [3.63, 3.8) is 0 Å². The van der Waals surface area contributed by atoms with Gasteiger partial charge in [-0.25, -0.2) is 4.39 Å². The number of carbonyl (C=O) groups excluding carboxylic acids is 1. The number of carbonyl (C=O) groups is 1. The van der Waals surface area contributed by atoms with Crippen LogP contribution >= 0.6 is 11.6 Å². The molecule has 2 aromatic carbocycles. The summed E-state index contributed by atoms with van der Waals surface area (Å²) in [5.41, 5.74) is 3.03. The Bertz CT molecular complexity index is 779. The van der Waals surface area contributed by atoms with E-state index in [9.17, 15) is 9.18 Å². The minimum atomic E-state index is -0.455. The highest BCUT2D eigenvalue weighted by atomic mass is 35.5. The van der Waals surface area contributed by atoms with E-state index in [0.29, 0.717) is 5.56 Å². The third-order valence-corrected chi connectivity index (χ3v) is 3.40. The summed E-state index contributed by atoms with van der Waals surface area (Å²) in [5, 5.41) is 0.919. The topological polar surface area (TPSA) is 32.9 Å². The number of hydrogen-bond acceptors (Lipinski definition) is 1. The van der Waals surface area contributed by atoms with E-state index in [-0.39, 0.29) is 5.02 Å². The highest BCUT2D eigenvalue weighted by Gasteiger charge is 2.07. The van der Waals surface area contributed by atoms with Crippen LogP contribution in [0.25, 0.3) is 22.0 Å². The minimum Gasteiger partial charge on any atom is -0.360 e. The molecule has 0 spiro atoms. The van der Waals surface area contributed by atoms with Crippen molar-refractivity contribution < 1.29 is 9.18 Å². The lowest BCUT2D eigenvalue weighted by Gasteiger charge is -2.03. The first kappa shape index (κ1) is 11.9. The summed E-state index contributed by atoms with van der Waals surface area (Å²) in [6.45, 7) is 0. The Hall–Kier alpha value is -2.13. The Morgan fingerprint density at radius 2 is 1.84 bits per heavy atom. The molecule has 19 heavy (non-hydrogen) atoms. The number of aromatic amines is 1. The second-order valence-corrected chi connectivity index (χ2v) is 4.66. The molecule has 0 saturated heterocycles. The predicted molar refractivity (Wildman–Crippen MR) is 74.1 cm³/mol. The number of rotatable bonds is 2. The van der Waals surface area contributed by atoms with E-state index >= 15 is 0 Å². The van der Waals surface area contributed by atoms with E-state index in [0.717, 1.165) is 28.3 Å². The van der Waals surface area contributed by atoms with Gasteiger partial charge in [0.15, 0.2) is 6.29 Å². The zero-order valence-corrected chi connectivity index (χ0v) is 10.5. The lowest BCUT2D eigenvalue weighted by Crippen LogP contribution is -1.83. The summed E-state index contributed by atoms with van der Waals surface area (Å²) >= 11 is 5.67. The van der Waals surface area contributed by atoms with Crippen LogP contribution < -0.4 is 0 Å². The molecule has 3 aromatic rings. The Morgan fingerprint density at radius 3 is 2.58 bits per heavy atom. The van der Waals surface area contributed by atoms with Gasteiger partial charge in [-0.15, -0.1) is 0 Å². The molecule has 0 saturated carbocycles. The first-order valence-electron chi connectivity index (χ1n) is 5.71. The Morgan fingerprint density at radius 1 is 1.11 bits per heavy atom. The van der Waals surface area contributed by atoms with Crippen LogP contribution in [0.15, 0.2) is 42.6 Å². The zero-order chi connectivity index (χ0) is 13.4. The van der Waals surface area contributed by atoms with Crippen molar-refractivity contribution >= 4 is 28.8 Å². The fourth-order valence-electron chi connectivity index (χ4n) is 2.09. The monoisotopic (exact) mass is 273 g/mol. The highest BCUT2D eigenvalue weighted by molar-refractivity contribution is 6.30. The van der Waals surface area contributed by atoms with E-state index in [1.54, 1.807) is 12.3 Å². The predicted octanol–water partition coefficient (Wildman–Crippen LogP) is 4.44. The number of halogens is 2. The molecule has 94 valence electrons. The van der Waals surface area contributed by atoms with Crippen molar-refractivity contribution in [2.24, 2.45) is 0 Å². The lowest BCUT2D eigenvalue weighted by molar-refractivity contribution is 0.112. The van der Waals surface area contributed by atoms with Crippen LogP contribution in [-0.2, 0) is 0 Å². The fourth-order valence-corrected chi connectivity index (χ4v) is 2.21. The van der Waals surface area contributed by atoms with E-state index in [1.165, 1.54) is 12.1 Å². The smallest absolute Gasteiger partial charge is 0.152 e. The van der Waals surface area contributed by atoms with Crippen molar-refractivity contribution in [3.05, 3.63) is 59.0 Å². The maximum atomic E-state index is 13.5. The van der Waals surface area contributed by atoms with Gasteiger partial charge in [-0.3, -0.25) is 4.79 Å². The molecule has 4 heteroatoms. The van der Waals surface area contributed by atoms with Gasteiger partial charge in [0.2, 0.25) is 0 Å². The number of benzene rings is 2. The molecular weight excluding hydrogens is 265 g/mol. The molecule has 0 fully saturated rings. The second-order valence-electron chi connectivity index (χ2n) is 4.25. The maximum absolute atomic E-state index is 13.5. The van der Waals surface area contributed by atoms with Gasteiger partial charge in [0, 0.05) is 22.7 Å². The van der Waals surface area contributed by atoms with Crippen LogP contribution in [0.3, 0.4) is 0 Å². The highest BCUT2D eigenvalue weighted by Crippen LogP contribution is 2.28. The van der Waals surface area contributed by atoms with Gasteiger partial charge in [0.05, 0.1) is 5.02 Å². The van der Waals surface area contributed by atoms with E-state index in [1.807, 2.05) is 18.2 Å². The first-order chi connectivity index (χ1) is 9.19. The second kappa shape index (κ2) is 4.52. The van der Waals surface area contributed by atoms with Crippen LogP contribution in [0.1, 0.15) is 10.4 Å². The van der Waals surface area contributed by atoms with Gasteiger partial charge >= 0.3 is 0 Å². The average Bonchev–Trinajstić information content (AvgIpc) is 2.84. The third kappa shape index (κ3) is 2.02. The molecule has 0 amide bonds. The zero-order valence-electron chi connectivity index (χ0n) is 9.78. The molecule has 0 atom stereocenters. The Balaban J connectivity index is 2.18. The number of H-pyrrole nitrogens is 1. The number of nitrogens with one attached hydrogen (secondary N) is 1.